The van der Waals surface area contributed by atoms with Gasteiger partial charge in [-0.25, -0.2) is 0 Å². The maximum Gasteiger partial charge on any atom is 0.262 e. The molecule has 0 N–H and O–H groups in total. The quantitative estimate of drug-likeness (QED) is 0.674. The molecule has 23 heavy (non-hydrogen) atoms. The highest BCUT2D eigenvalue weighted by molar-refractivity contribution is 8.00. The van der Waals surface area contributed by atoms with E-state index in [0.717, 1.165) is 18.4 Å². The van der Waals surface area contributed by atoms with Crippen molar-refractivity contribution < 1.29 is 0 Å². The van der Waals surface area contributed by atoms with Crippen LogP contribution in [0.5, 0.6) is 0 Å². The van der Waals surface area contributed by atoms with Gasteiger partial charge in [-0.1, -0.05) is 37.2 Å². The van der Waals surface area contributed by atoms with Crippen molar-refractivity contribution in [3.63, 3.8) is 0 Å². The second-order valence-electron chi connectivity index (χ2n) is 5.33. The monoisotopic (exact) mass is 327 g/mol. The Balaban J connectivity index is 2.33. The molecule has 0 fully saturated rings. The van der Waals surface area contributed by atoms with Crippen LogP contribution in [-0.2, 0) is 6.54 Å². The molecule has 0 aliphatic carbocycles. The van der Waals surface area contributed by atoms with Crippen molar-refractivity contribution in [3.05, 3.63) is 34.6 Å². The third-order valence-electron chi connectivity index (χ3n) is 3.68. The number of thioether (sulfide) groups is 1. The molecule has 0 amide bonds. The third kappa shape index (κ3) is 2.70. The van der Waals surface area contributed by atoms with E-state index in [1.165, 1.54) is 11.8 Å². The third-order valence-corrected chi connectivity index (χ3v) is 4.61. The number of hydrogen-bond acceptors (Lipinski definition) is 5. The van der Waals surface area contributed by atoms with Crippen LogP contribution in [0.25, 0.3) is 16.7 Å². The first-order valence-corrected chi connectivity index (χ1v) is 8.48. The van der Waals surface area contributed by atoms with Gasteiger partial charge in [0, 0.05) is 6.54 Å². The minimum Gasteiger partial charge on any atom is -0.276 e. The number of fused-ring (bicyclic) bond motifs is 3. The summed E-state index contributed by atoms with van der Waals surface area (Å²) < 4.78 is 3.56. The summed E-state index contributed by atoms with van der Waals surface area (Å²) in [4.78, 5) is 12.8. The lowest BCUT2D eigenvalue weighted by Gasteiger charge is -2.11. The minimum absolute atomic E-state index is 0.0427. The number of aryl methyl sites for hydroxylation is 1. The highest BCUT2D eigenvalue weighted by Gasteiger charge is 2.17. The van der Waals surface area contributed by atoms with E-state index in [4.69, 9.17) is 5.26 Å². The Morgan fingerprint density at radius 1 is 1.35 bits per heavy atom. The SMILES string of the molecule is CCCCn1c(=O)c2ccccc2n2c(S[C@H](C)C#N)nnc12. The zero-order chi connectivity index (χ0) is 16.4. The number of nitriles is 1. The highest BCUT2D eigenvalue weighted by Crippen LogP contribution is 2.24. The van der Waals surface area contributed by atoms with Gasteiger partial charge in [-0.3, -0.25) is 13.8 Å². The van der Waals surface area contributed by atoms with E-state index in [2.05, 4.69) is 23.2 Å². The molecule has 6 nitrogen and oxygen atoms in total. The first-order valence-electron chi connectivity index (χ1n) is 7.60. The average molecular weight is 327 g/mol. The molecule has 1 atom stereocenters. The molecule has 7 heteroatoms. The summed E-state index contributed by atoms with van der Waals surface area (Å²) in [7, 11) is 0. The number of unbranched alkanes of at least 4 members (excludes halogenated alkanes) is 1. The topological polar surface area (TPSA) is 76.0 Å². The lowest BCUT2D eigenvalue weighted by molar-refractivity contribution is 0.620. The van der Waals surface area contributed by atoms with Crippen molar-refractivity contribution in [1.29, 1.82) is 5.26 Å². The molecule has 0 radical (unpaired) electrons. The Hall–Kier alpha value is -2.33. The van der Waals surface area contributed by atoms with E-state index in [0.29, 0.717) is 22.9 Å². The van der Waals surface area contributed by atoms with Crippen LogP contribution in [0.15, 0.2) is 34.2 Å². The molecule has 0 aliphatic heterocycles. The van der Waals surface area contributed by atoms with E-state index in [9.17, 15) is 4.79 Å². The van der Waals surface area contributed by atoms with Gasteiger partial charge < -0.3 is 0 Å². The first-order chi connectivity index (χ1) is 11.2. The van der Waals surface area contributed by atoms with E-state index < -0.39 is 0 Å². The van der Waals surface area contributed by atoms with Crippen LogP contribution in [0.1, 0.15) is 26.7 Å². The minimum atomic E-state index is -0.239. The molecule has 2 heterocycles. The summed E-state index contributed by atoms with van der Waals surface area (Å²) in [5.74, 6) is 0.537. The van der Waals surface area contributed by atoms with Gasteiger partial charge >= 0.3 is 0 Å². The largest absolute Gasteiger partial charge is 0.276 e. The van der Waals surface area contributed by atoms with Gasteiger partial charge in [0.05, 0.1) is 22.2 Å². The van der Waals surface area contributed by atoms with Crippen LogP contribution >= 0.6 is 11.8 Å². The Bertz CT molecular complexity index is 953. The number of nitrogens with zero attached hydrogens (tertiary/aromatic N) is 5. The summed E-state index contributed by atoms with van der Waals surface area (Å²) in [6.07, 6.45) is 1.89. The molecule has 0 saturated carbocycles. The molecule has 0 unspecified atom stereocenters. The molecule has 0 aliphatic rings. The summed E-state index contributed by atoms with van der Waals surface area (Å²) in [5.41, 5.74) is 0.733. The molecule has 2 aromatic heterocycles. The van der Waals surface area contributed by atoms with Crippen LogP contribution in [0, 0.1) is 11.3 Å². The number of hydrogen-bond donors (Lipinski definition) is 0. The second-order valence-corrected chi connectivity index (χ2v) is 6.64. The van der Waals surface area contributed by atoms with Crippen LogP contribution in [-0.4, -0.2) is 24.4 Å². The van der Waals surface area contributed by atoms with E-state index >= 15 is 0 Å². The van der Waals surface area contributed by atoms with E-state index in [1.54, 1.807) is 4.57 Å². The zero-order valence-corrected chi connectivity index (χ0v) is 13.9. The van der Waals surface area contributed by atoms with Crippen molar-refractivity contribution in [3.8, 4) is 6.07 Å². The van der Waals surface area contributed by atoms with Crippen LogP contribution < -0.4 is 5.56 Å². The first kappa shape index (κ1) is 15.6. The van der Waals surface area contributed by atoms with Gasteiger partial charge in [0.2, 0.25) is 5.78 Å². The van der Waals surface area contributed by atoms with Crippen molar-refractivity contribution in [2.24, 2.45) is 0 Å². The molecule has 0 saturated heterocycles. The molecule has 118 valence electrons. The second kappa shape index (κ2) is 6.42. The molecular weight excluding hydrogens is 310 g/mol. The van der Waals surface area contributed by atoms with Gasteiger partial charge in [0.15, 0.2) is 5.16 Å². The van der Waals surface area contributed by atoms with E-state index in [-0.39, 0.29) is 10.8 Å². The number of benzene rings is 1. The number of para-hydroxylation sites is 1. The zero-order valence-electron chi connectivity index (χ0n) is 13.1. The maximum absolute atomic E-state index is 12.8. The Labute approximate surface area is 137 Å². The van der Waals surface area contributed by atoms with Crippen LogP contribution in [0.4, 0.5) is 0 Å². The normalized spacial score (nSPS) is 12.6. The smallest absolute Gasteiger partial charge is 0.262 e. The Kier molecular flexibility index (Phi) is 4.35. The van der Waals surface area contributed by atoms with Gasteiger partial charge in [0.1, 0.15) is 0 Å². The lowest BCUT2D eigenvalue weighted by atomic mass is 10.2. The summed E-state index contributed by atoms with van der Waals surface area (Å²) in [5, 5.41) is 18.5. The van der Waals surface area contributed by atoms with Crippen molar-refractivity contribution in [2.75, 3.05) is 0 Å². The molecule has 3 aromatic rings. The fraction of sp³-hybridized carbons (Fsp3) is 0.375. The standard InChI is InChI=1S/C16H17N5OS/c1-3-4-9-20-14(22)12-7-5-6-8-13(12)21-15(20)18-19-16(21)23-11(2)10-17/h5-8,11H,3-4,9H2,1-2H3/t11-/m1/s1. The highest BCUT2D eigenvalue weighted by atomic mass is 32.2. The van der Waals surface area contributed by atoms with Gasteiger partial charge in [0.25, 0.3) is 5.56 Å². The fourth-order valence-electron chi connectivity index (χ4n) is 2.51. The van der Waals surface area contributed by atoms with Gasteiger partial charge in [-0.05, 0) is 25.5 Å². The lowest BCUT2D eigenvalue weighted by Crippen LogP contribution is -2.23. The number of rotatable bonds is 5. The Morgan fingerprint density at radius 3 is 2.87 bits per heavy atom. The van der Waals surface area contributed by atoms with Crippen molar-refractivity contribution >= 4 is 28.4 Å². The molecule has 1 aromatic carbocycles. The molecular formula is C16H17N5OS. The summed E-state index contributed by atoms with van der Waals surface area (Å²) in [6, 6.07) is 9.64. The predicted octanol–water partition coefficient (Wildman–Crippen LogP) is 2.85. The van der Waals surface area contributed by atoms with Gasteiger partial charge in [-0.15, -0.1) is 10.2 Å². The van der Waals surface area contributed by atoms with Gasteiger partial charge in [-0.2, -0.15) is 5.26 Å². The maximum atomic E-state index is 12.8. The molecule has 0 bridgehead atoms. The molecule has 0 spiro atoms. The van der Waals surface area contributed by atoms with Crippen molar-refractivity contribution in [1.82, 2.24) is 19.2 Å². The Morgan fingerprint density at radius 2 is 2.13 bits per heavy atom. The van der Waals surface area contributed by atoms with Crippen molar-refractivity contribution in [2.45, 2.75) is 43.6 Å². The predicted molar refractivity (Wildman–Crippen MR) is 90.6 cm³/mol. The van der Waals surface area contributed by atoms with Crippen LogP contribution in [0.2, 0.25) is 0 Å². The van der Waals surface area contributed by atoms with E-state index in [1.807, 2.05) is 35.6 Å². The summed E-state index contributed by atoms with van der Waals surface area (Å²) in [6.45, 7) is 4.52. The fourth-order valence-corrected chi connectivity index (χ4v) is 3.25. The average Bonchev–Trinajstić information content (AvgIpc) is 2.98. The number of aromatic nitrogens is 4. The summed E-state index contributed by atoms with van der Waals surface area (Å²) >= 11 is 1.35. The van der Waals surface area contributed by atoms with Crippen LogP contribution in [0.3, 0.4) is 0 Å². The molecule has 3 rings (SSSR count).